The molecule has 0 bridgehead atoms. The molecule has 0 heterocycles. The normalized spacial score (nSPS) is 12.8. The Bertz CT molecular complexity index is 665. The van der Waals surface area contributed by atoms with Crippen LogP contribution in [0, 0.1) is 14.4 Å². The van der Waals surface area contributed by atoms with Crippen LogP contribution in [0.2, 0.25) is 0 Å². The van der Waals surface area contributed by atoms with Crippen LogP contribution >= 0.6 is 0 Å². The molecule has 0 aliphatic carbocycles. The third-order valence-corrected chi connectivity index (χ3v) is 3.79. The maximum atomic E-state index is 12.9. The monoisotopic (exact) mass is 546 g/mol. The Morgan fingerprint density at radius 2 is 1.31 bits per heavy atom. The molecule has 0 spiro atoms. The Labute approximate surface area is 167 Å². The van der Waals surface area contributed by atoms with E-state index in [1.54, 1.807) is 20.2 Å². The molecular formula is C19H24F3IrN2O. The maximum Gasteiger partial charge on any atom is 3.00 e. The van der Waals surface area contributed by atoms with E-state index < -0.39 is 17.8 Å². The average molecular weight is 546 g/mol. The number of likely N-dealkylation sites (N-methyl/N-ethyl adjacent to an activating group) is 2. The third kappa shape index (κ3) is 6.49. The molecule has 0 unspecified atom stereocenters. The number of aryl methyl sites for hydroxylation is 1. The van der Waals surface area contributed by atoms with Gasteiger partial charge >= 0.3 is 26.3 Å². The summed E-state index contributed by atoms with van der Waals surface area (Å²) in [6.45, 7) is 1.97. The molecule has 2 aromatic rings. The molecule has 0 saturated carbocycles. The molecule has 0 saturated heterocycles. The van der Waals surface area contributed by atoms with E-state index in [1.807, 2.05) is 31.2 Å². The van der Waals surface area contributed by atoms with E-state index in [4.69, 9.17) is 0 Å². The molecule has 2 N–H and O–H groups in total. The molecule has 0 fully saturated rings. The first-order chi connectivity index (χ1) is 10.9. The Morgan fingerprint density at radius 1 is 0.846 bits per heavy atom. The van der Waals surface area contributed by atoms with E-state index in [-0.39, 0.29) is 39.1 Å². The first-order valence-corrected chi connectivity index (χ1v) is 7.28. The molecule has 0 amide bonds. The maximum absolute atomic E-state index is 12.9. The van der Waals surface area contributed by atoms with E-state index in [9.17, 15) is 13.2 Å². The quantitative estimate of drug-likeness (QED) is 0.451. The number of rotatable bonds is 5. The van der Waals surface area contributed by atoms with Crippen LogP contribution in [-0.2, 0) is 26.3 Å². The third-order valence-electron chi connectivity index (χ3n) is 3.79. The number of halogens is 3. The van der Waals surface area contributed by atoms with Crippen LogP contribution in [0.25, 0.3) is 10.6 Å². The summed E-state index contributed by atoms with van der Waals surface area (Å²) in [5, 5.41) is 8.66. The molecule has 2 atom stereocenters. The molecule has 2 aromatic carbocycles. The van der Waals surface area contributed by atoms with E-state index in [2.05, 4.69) is 10.6 Å². The smallest absolute Gasteiger partial charge is 0.659 e. The van der Waals surface area contributed by atoms with Crippen LogP contribution in [0.1, 0.15) is 34.3 Å². The zero-order valence-corrected chi connectivity index (χ0v) is 17.5. The van der Waals surface area contributed by atoms with Gasteiger partial charge in [0.2, 0.25) is 0 Å². The molecule has 2 rings (SSSR count). The second-order valence-corrected chi connectivity index (χ2v) is 5.44. The molecule has 146 valence electrons. The zero-order valence-electron chi connectivity index (χ0n) is 15.1. The van der Waals surface area contributed by atoms with Crippen molar-refractivity contribution in [2.45, 2.75) is 25.2 Å². The van der Waals surface area contributed by atoms with Crippen molar-refractivity contribution in [3.63, 3.8) is 0 Å². The molecule has 0 aliphatic rings. The predicted octanol–water partition coefficient (Wildman–Crippen LogP) is 5.43. The van der Waals surface area contributed by atoms with Gasteiger partial charge in [-0.2, -0.15) is 27.3 Å². The molecule has 7 heteroatoms. The number of benzene rings is 2. The van der Waals surface area contributed by atoms with Crippen molar-refractivity contribution >= 4 is 0 Å². The summed E-state index contributed by atoms with van der Waals surface area (Å²) in [5.41, 5.74) is 1.87. The summed E-state index contributed by atoms with van der Waals surface area (Å²) in [6, 6.07) is 12.3. The fourth-order valence-corrected chi connectivity index (χ4v) is 2.70. The Balaban J connectivity index is 0. The summed E-state index contributed by atoms with van der Waals surface area (Å²) >= 11 is 0. The minimum absolute atomic E-state index is 0. The largest absolute Gasteiger partial charge is 3.00 e. The molecule has 3 nitrogen and oxygen atoms in total. The Kier molecular flexibility index (Phi) is 11.9. The summed E-state index contributed by atoms with van der Waals surface area (Å²) in [6.07, 6.45) is -4.36. The minimum Gasteiger partial charge on any atom is -0.659 e. The van der Waals surface area contributed by atoms with Crippen molar-refractivity contribution in [2.24, 2.45) is 0 Å². The van der Waals surface area contributed by atoms with Crippen LogP contribution in [0.15, 0.2) is 48.5 Å². The second kappa shape index (κ2) is 11.5. The van der Waals surface area contributed by atoms with Crippen molar-refractivity contribution < 1.29 is 38.8 Å². The van der Waals surface area contributed by atoms with Crippen molar-refractivity contribution in [1.29, 1.82) is 0 Å². The summed E-state index contributed by atoms with van der Waals surface area (Å²) in [4.78, 5) is 0. The van der Waals surface area contributed by atoms with Gasteiger partial charge in [-0.05, 0) is 13.0 Å². The van der Waals surface area contributed by atoms with Crippen LogP contribution in [0.3, 0.4) is 0 Å². The predicted molar refractivity (Wildman–Crippen MR) is 96.7 cm³/mol. The van der Waals surface area contributed by atoms with Crippen molar-refractivity contribution in [2.75, 3.05) is 14.1 Å². The Morgan fingerprint density at radius 3 is 1.73 bits per heavy atom. The fraction of sp³-hybridized carbons (Fsp3) is 0.316. The van der Waals surface area contributed by atoms with E-state index >= 15 is 0 Å². The molecule has 26 heavy (non-hydrogen) atoms. The van der Waals surface area contributed by atoms with E-state index in [0.717, 1.165) is 23.3 Å². The van der Waals surface area contributed by atoms with E-state index in [1.165, 1.54) is 6.07 Å². The second-order valence-electron chi connectivity index (χ2n) is 5.44. The molecular weight excluding hydrogens is 521 g/mol. The first kappa shape index (κ1) is 27.0. The first-order valence-electron chi connectivity index (χ1n) is 7.28. The summed E-state index contributed by atoms with van der Waals surface area (Å²) in [7, 11) is 3.28. The van der Waals surface area contributed by atoms with Gasteiger partial charge in [-0.1, -0.05) is 59.2 Å². The van der Waals surface area contributed by atoms with Gasteiger partial charge in [0, 0.05) is 0 Å². The Hall–Kier alpha value is -1.24. The molecule has 0 aromatic heterocycles. The van der Waals surface area contributed by atoms with Gasteiger partial charge in [-0.25, -0.2) is 0 Å². The number of alkyl halides is 3. The van der Waals surface area contributed by atoms with Gasteiger partial charge in [-0.15, -0.1) is 12.1 Å². The van der Waals surface area contributed by atoms with Crippen molar-refractivity contribution in [1.82, 2.24) is 0 Å². The van der Waals surface area contributed by atoms with E-state index in [0.29, 0.717) is 5.56 Å². The van der Waals surface area contributed by atoms with Crippen molar-refractivity contribution in [3.05, 3.63) is 88.8 Å². The number of nitrogens with zero attached hydrogens (tertiary/aromatic N) is 2. The SMILES string of the molecule is C[N-][C@H](c1cccc(C)c1)[C@H]([N-]C)c1cccc(C(F)(F)F)c1.O.[CH3-].[Ir+3]. The van der Waals surface area contributed by atoms with Gasteiger partial charge in [0.25, 0.3) is 0 Å². The van der Waals surface area contributed by atoms with Crippen LogP contribution in [-0.4, -0.2) is 19.6 Å². The molecule has 0 aliphatic heterocycles. The van der Waals surface area contributed by atoms with Gasteiger partial charge in [0.1, 0.15) is 0 Å². The van der Waals surface area contributed by atoms with Crippen LogP contribution in [0.5, 0.6) is 0 Å². The fourth-order valence-electron chi connectivity index (χ4n) is 2.70. The summed E-state index contributed by atoms with van der Waals surface area (Å²) < 4.78 is 38.8. The van der Waals surface area contributed by atoms with Gasteiger partial charge < -0.3 is 23.5 Å². The summed E-state index contributed by atoms with van der Waals surface area (Å²) in [5.74, 6) is 0. The number of hydrogen-bond donors (Lipinski definition) is 0. The number of hydrogen-bond acceptors (Lipinski definition) is 0. The van der Waals surface area contributed by atoms with Crippen LogP contribution < -0.4 is 0 Å². The topological polar surface area (TPSA) is 59.7 Å². The van der Waals surface area contributed by atoms with Gasteiger partial charge in [0.05, 0.1) is 5.56 Å². The van der Waals surface area contributed by atoms with Gasteiger partial charge in [0.15, 0.2) is 0 Å². The van der Waals surface area contributed by atoms with Crippen molar-refractivity contribution in [3.8, 4) is 0 Å². The molecule has 0 radical (unpaired) electrons. The minimum atomic E-state index is -4.36. The van der Waals surface area contributed by atoms with Crippen LogP contribution in [0.4, 0.5) is 13.2 Å². The standard InChI is InChI=1S/C18H19F3N2.CH3.Ir.H2O/c1-12-6-4-7-13(10-12)16(22-2)17(23-3)14-8-5-9-15(11-14)18(19,20)21;;;/h4-11,16-17H,1-3H3;1H3;;1H2/q-2;-1;+3;/t16-,17-;;;/m1.../s1. The zero-order chi connectivity index (χ0) is 17.0. The average Bonchev–Trinajstić information content (AvgIpc) is 2.51. The van der Waals surface area contributed by atoms with Gasteiger partial charge in [-0.3, -0.25) is 0 Å².